The summed E-state index contributed by atoms with van der Waals surface area (Å²) in [5.41, 5.74) is 0.857. The first-order chi connectivity index (χ1) is 29.8. The molecule has 62 heavy (non-hydrogen) atoms. The highest BCUT2D eigenvalue weighted by molar-refractivity contribution is 7.92. The Morgan fingerprint density at radius 1 is 1.05 bits per heavy atom. The van der Waals surface area contributed by atoms with E-state index in [9.17, 15) is 42.5 Å². The predicted octanol–water partition coefficient (Wildman–Crippen LogP) is 2.59. The smallest absolute Gasteiger partial charge is 0.324 e. The summed E-state index contributed by atoms with van der Waals surface area (Å²) in [4.78, 5) is 82.5. The van der Waals surface area contributed by atoms with E-state index in [1.165, 1.54) is 84.7 Å². The number of carbonyl (C=O) groups excluding carboxylic acids is 5. The molecule has 1 fully saturated rings. The van der Waals surface area contributed by atoms with Crippen molar-refractivity contribution in [1.29, 1.82) is 0 Å². The monoisotopic (exact) mass is 888 g/mol. The van der Waals surface area contributed by atoms with Gasteiger partial charge in [-0.1, -0.05) is 22.6 Å². The van der Waals surface area contributed by atoms with E-state index in [-0.39, 0.29) is 83.7 Å². The van der Waals surface area contributed by atoms with Gasteiger partial charge >= 0.3 is 5.00 Å². The number of anilines is 2. The fourth-order valence-corrected chi connectivity index (χ4v) is 7.76. The van der Waals surface area contributed by atoms with Crippen LogP contribution in [0, 0.1) is 10.1 Å². The standard InChI is InChI=1S/C37H32N10O13S2/c1-57-35-33(43-62(55,56)23-9-5-21(6-10-23)39-29(48)12-7-22-8-14-31(61-22)47(53)54)38-17-25(40-35)26-18-45(44-42-26)15-16-58-19-59-20-60-28-4-2-3-24-32(28)37(52)46(36(24)51)27-11-13-30(49)41-34(27)50/h2-10,12,14,17-18,27H,11,13,15-16,19-20H2,1H3,(H,38,43)(H,39,48)(H,41,49,50)/b12-7+. The van der Waals surface area contributed by atoms with Crippen molar-refractivity contribution in [2.45, 2.75) is 30.3 Å². The third kappa shape index (κ3) is 9.60. The maximum Gasteiger partial charge on any atom is 0.324 e. The molecule has 7 rings (SSSR count). The zero-order valence-corrected chi connectivity index (χ0v) is 33.7. The number of nitro groups is 1. The molecule has 2 aliphatic heterocycles. The molecule has 3 aromatic heterocycles. The summed E-state index contributed by atoms with van der Waals surface area (Å²) in [5.74, 6) is -3.39. The number of carbonyl (C=O) groups is 5. The molecule has 25 heteroatoms. The minimum absolute atomic E-state index is 0.00424. The van der Waals surface area contributed by atoms with Gasteiger partial charge in [-0.05, 0) is 55.0 Å². The maximum atomic E-state index is 13.2. The first-order valence-corrected chi connectivity index (χ1v) is 20.4. The van der Waals surface area contributed by atoms with Gasteiger partial charge in [0.15, 0.2) is 13.6 Å². The van der Waals surface area contributed by atoms with Gasteiger partial charge in [-0.2, -0.15) is 0 Å². The van der Waals surface area contributed by atoms with E-state index in [0.717, 1.165) is 16.2 Å². The van der Waals surface area contributed by atoms with E-state index in [1.807, 2.05) is 0 Å². The maximum absolute atomic E-state index is 13.2. The normalized spacial score (nSPS) is 15.1. The van der Waals surface area contributed by atoms with Crippen molar-refractivity contribution in [3.05, 3.63) is 99.2 Å². The Labute approximate surface area is 353 Å². The van der Waals surface area contributed by atoms with Gasteiger partial charge in [0.1, 0.15) is 23.2 Å². The van der Waals surface area contributed by atoms with E-state index in [2.05, 4.69) is 35.6 Å². The second-order valence-corrected chi connectivity index (χ2v) is 15.8. The molecule has 0 bridgehead atoms. The van der Waals surface area contributed by atoms with E-state index >= 15 is 0 Å². The lowest BCUT2D eigenvalue weighted by molar-refractivity contribution is -0.380. The Balaban J connectivity index is 0.860. The van der Waals surface area contributed by atoms with Crippen molar-refractivity contribution in [2.24, 2.45) is 0 Å². The molecule has 5 aromatic rings. The number of hydrogen-bond donors (Lipinski definition) is 3. The lowest BCUT2D eigenvalue weighted by Crippen LogP contribution is -2.54. The molecule has 5 amide bonds. The molecule has 0 radical (unpaired) electrons. The van der Waals surface area contributed by atoms with Crippen LogP contribution in [0.2, 0.25) is 0 Å². The third-order valence-corrected chi connectivity index (χ3v) is 11.3. The summed E-state index contributed by atoms with van der Waals surface area (Å²) in [6, 6.07) is 11.5. The number of piperidine rings is 1. The Bertz CT molecular complexity index is 2720. The van der Waals surface area contributed by atoms with Crippen molar-refractivity contribution in [3.8, 4) is 23.0 Å². The number of imide groups is 2. The molecule has 1 atom stereocenters. The van der Waals surface area contributed by atoms with Gasteiger partial charge in [-0.15, -0.1) is 5.10 Å². The molecule has 320 valence electrons. The van der Waals surface area contributed by atoms with Crippen LogP contribution >= 0.6 is 11.3 Å². The second kappa shape index (κ2) is 18.4. The van der Waals surface area contributed by atoms with Crippen LogP contribution in [0.25, 0.3) is 17.5 Å². The highest BCUT2D eigenvalue weighted by Gasteiger charge is 2.46. The molecule has 23 nitrogen and oxygen atoms in total. The van der Waals surface area contributed by atoms with Crippen LogP contribution in [0.3, 0.4) is 0 Å². The summed E-state index contributed by atoms with van der Waals surface area (Å²) < 4.78 is 51.9. The van der Waals surface area contributed by atoms with Crippen LogP contribution in [-0.4, -0.2) is 106 Å². The molecule has 3 N–H and O–H groups in total. The predicted molar refractivity (Wildman–Crippen MR) is 214 cm³/mol. The van der Waals surface area contributed by atoms with Crippen LogP contribution in [-0.2, 0) is 40.4 Å². The third-order valence-electron chi connectivity index (χ3n) is 8.95. The summed E-state index contributed by atoms with van der Waals surface area (Å²) in [7, 11) is -2.91. The number of thiophene rings is 1. The first-order valence-electron chi connectivity index (χ1n) is 18.1. The number of hydrogen-bond acceptors (Lipinski definition) is 18. The molecular formula is C37H32N10O13S2. The van der Waals surface area contributed by atoms with Crippen molar-refractivity contribution in [2.75, 3.05) is 37.3 Å². The molecule has 2 aromatic carbocycles. The summed E-state index contributed by atoms with van der Waals surface area (Å²) >= 11 is 0.908. The molecular weight excluding hydrogens is 857 g/mol. The van der Waals surface area contributed by atoms with Crippen LogP contribution in [0.4, 0.5) is 16.5 Å². The number of amides is 5. The number of aromatic nitrogens is 5. The van der Waals surface area contributed by atoms with Gasteiger partial charge in [-0.3, -0.25) is 49.0 Å². The van der Waals surface area contributed by atoms with Crippen molar-refractivity contribution in [3.63, 3.8) is 0 Å². The van der Waals surface area contributed by atoms with Crippen LogP contribution in [0.15, 0.2) is 78.0 Å². The van der Waals surface area contributed by atoms with Gasteiger partial charge in [0.25, 0.3) is 27.7 Å². The zero-order chi connectivity index (χ0) is 44.0. The summed E-state index contributed by atoms with van der Waals surface area (Å²) in [6.07, 6.45) is 5.46. The minimum Gasteiger partial charge on any atom is -0.478 e. The number of fused-ring (bicyclic) bond motifs is 1. The van der Waals surface area contributed by atoms with Crippen LogP contribution in [0.1, 0.15) is 38.4 Å². The number of ether oxygens (including phenoxy) is 4. The molecule has 0 saturated carbocycles. The second-order valence-electron chi connectivity index (χ2n) is 13.0. The van der Waals surface area contributed by atoms with E-state index in [0.29, 0.717) is 16.3 Å². The number of rotatable bonds is 18. The minimum atomic E-state index is -4.19. The SMILES string of the molecule is COc1nc(-c2cn(CCOCOCOc3cccc4c3C(=O)N(C3CCC(=O)NC3=O)C4=O)nn2)cnc1NS(=O)(=O)c1ccc(NC(=O)/C=C/c2ccc([N+](=O)[O-])s2)cc1. The Morgan fingerprint density at radius 3 is 2.60 bits per heavy atom. The molecule has 0 spiro atoms. The fourth-order valence-electron chi connectivity index (χ4n) is 6.03. The number of methoxy groups -OCH3 is 1. The highest BCUT2D eigenvalue weighted by atomic mass is 32.2. The number of nitrogens with zero attached hydrogens (tertiary/aromatic N) is 7. The average molecular weight is 889 g/mol. The fraction of sp³-hybridized carbons (Fsp3) is 0.216. The van der Waals surface area contributed by atoms with E-state index in [1.54, 1.807) is 6.20 Å². The first kappa shape index (κ1) is 42.6. The van der Waals surface area contributed by atoms with Gasteiger partial charge in [0.05, 0.1) is 53.6 Å². The summed E-state index contributed by atoms with van der Waals surface area (Å²) in [6.45, 7) is -0.184. The van der Waals surface area contributed by atoms with Crippen molar-refractivity contribution >= 4 is 73.5 Å². The lowest BCUT2D eigenvalue weighted by atomic mass is 10.0. The molecule has 5 heterocycles. The summed E-state index contributed by atoms with van der Waals surface area (Å²) in [5, 5.41) is 23.6. The molecule has 0 aliphatic carbocycles. The molecule has 1 saturated heterocycles. The lowest BCUT2D eigenvalue weighted by Gasteiger charge is -2.27. The van der Waals surface area contributed by atoms with Crippen LogP contribution in [0.5, 0.6) is 11.6 Å². The number of sulfonamides is 1. The topological polar surface area (TPSA) is 295 Å². The molecule has 2 aliphatic rings. The van der Waals surface area contributed by atoms with Gasteiger partial charge in [-0.25, -0.2) is 23.1 Å². The van der Waals surface area contributed by atoms with Gasteiger partial charge < -0.3 is 24.3 Å². The Kier molecular flexibility index (Phi) is 12.7. The average Bonchev–Trinajstić information content (AvgIpc) is 3.99. The largest absolute Gasteiger partial charge is 0.478 e. The van der Waals surface area contributed by atoms with Crippen LogP contribution < -0.4 is 24.8 Å². The highest BCUT2D eigenvalue weighted by Crippen LogP contribution is 2.34. The zero-order valence-electron chi connectivity index (χ0n) is 32.1. The number of benzene rings is 2. The van der Waals surface area contributed by atoms with Gasteiger partial charge in [0, 0.05) is 29.1 Å². The number of nitrogens with one attached hydrogen (secondary N) is 3. The van der Waals surface area contributed by atoms with Crippen molar-refractivity contribution in [1.82, 2.24) is 35.2 Å². The van der Waals surface area contributed by atoms with E-state index < -0.39 is 50.5 Å². The quantitative estimate of drug-likeness (QED) is 0.0284. The Hall–Kier alpha value is -7.48. The van der Waals surface area contributed by atoms with E-state index in [4.69, 9.17) is 18.9 Å². The van der Waals surface area contributed by atoms with Gasteiger partial charge in [0.2, 0.25) is 23.5 Å². The Morgan fingerprint density at radius 2 is 1.85 bits per heavy atom. The van der Waals surface area contributed by atoms with Crippen molar-refractivity contribution < 1.29 is 56.3 Å². The molecule has 1 unspecified atom stereocenters.